The van der Waals surface area contributed by atoms with Crippen LogP contribution in [0.2, 0.25) is 0 Å². The molecule has 184 valence electrons. The highest BCUT2D eigenvalue weighted by Crippen LogP contribution is 2.26. The zero-order chi connectivity index (χ0) is 26.1. The van der Waals surface area contributed by atoms with Crippen molar-refractivity contribution in [2.45, 2.75) is 20.3 Å². The summed E-state index contributed by atoms with van der Waals surface area (Å²) in [5, 5.41) is 21.8. The molecule has 0 saturated carbocycles. The van der Waals surface area contributed by atoms with Gasteiger partial charge in [-0.15, -0.1) is 0 Å². The first kappa shape index (κ1) is 26.8. The number of nitrogens with zero attached hydrogens (tertiary/aromatic N) is 2. The molecule has 2 unspecified atom stereocenters. The Kier molecular flexibility index (Phi) is 9.27. The molecule has 2 aromatic rings. The monoisotopic (exact) mass is 486 g/mol. The second kappa shape index (κ2) is 12.1. The summed E-state index contributed by atoms with van der Waals surface area (Å²) in [5.74, 6) is -6.75. The zero-order valence-corrected chi connectivity index (χ0v) is 18.9. The maximum Gasteiger partial charge on any atom is 0.316 e. The van der Waals surface area contributed by atoms with Gasteiger partial charge in [0.25, 0.3) is 11.4 Å². The smallest absolute Gasteiger partial charge is 0.316 e. The summed E-state index contributed by atoms with van der Waals surface area (Å²) in [6, 6.07) is 8.96. The number of benzene rings is 2. The van der Waals surface area contributed by atoms with Crippen LogP contribution < -0.4 is 0 Å². The van der Waals surface area contributed by atoms with Crippen LogP contribution in [0, 0.1) is 32.1 Å². The number of hydrogen-bond acceptors (Lipinski definition) is 10. The summed E-state index contributed by atoms with van der Waals surface area (Å²) in [6.07, 6.45) is -0.594. The van der Waals surface area contributed by atoms with Gasteiger partial charge in [-0.1, -0.05) is 0 Å². The summed E-state index contributed by atoms with van der Waals surface area (Å²) in [7, 11) is 0. The van der Waals surface area contributed by atoms with E-state index in [1.807, 2.05) is 0 Å². The number of nitro groups is 2. The minimum atomic E-state index is -1.59. The Morgan fingerprint density at radius 3 is 1.26 bits per heavy atom. The highest BCUT2D eigenvalue weighted by molar-refractivity contribution is 6.12. The third-order valence-electron chi connectivity index (χ3n) is 4.97. The molecule has 0 radical (unpaired) electrons. The number of carbonyl (C=O) groups is 4. The molecule has 2 atom stereocenters. The summed E-state index contributed by atoms with van der Waals surface area (Å²) in [5.41, 5.74) is -0.655. The standard InChI is InChI=1S/C23H22N2O10/c1-3-34-22(28)18(20(26)14-5-9-16(10-6-14)24(30)31)13-19(23(29)35-4-2)21(27)15-7-11-17(12-8-15)25(32)33/h5-12,18-19H,3-4,13H2,1-2H3. The van der Waals surface area contributed by atoms with E-state index >= 15 is 0 Å². The number of ether oxygens (including phenoxy) is 2. The molecule has 0 N–H and O–H groups in total. The molecule has 0 saturated heterocycles. The van der Waals surface area contributed by atoms with Gasteiger partial charge in [0.2, 0.25) is 0 Å². The Hall–Kier alpha value is -4.48. The number of non-ortho nitro benzene ring substituents is 2. The molecule has 0 spiro atoms. The van der Waals surface area contributed by atoms with Crippen LogP contribution in [0.4, 0.5) is 11.4 Å². The van der Waals surface area contributed by atoms with E-state index in [-0.39, 0.29) is 35.7 Å². The molecule has 0 aliphatic heterocycles. The molecule has 0 bridgehead atoms. The summed E-state index contributed by atoms with van der Waals surface area (Å²) in [6.45, 7) is 2.86. The van der Waals surface area contributed by atoms with Gasteiger partial charge < -0.3 is 9.47 Å². The van der Waals surface area contributed by atoms with Gasteiger partial charge in [-0.05, 0) is 44.5 Å². The van der Waals surface area contributed by atoms with Gasteiger partial charge in [-0.3, -0.25) is 39.4 Å². The largest absolute Gasteiger partial charge is 0.465 e. The molecule has 12 heteroatoms. The van der Waals surface area contributed by atoms with Crippen LogP contribution >= 0.6 is 0 Å². The maximum absolute atomic E-state index is 13.1. The van der Waals surface area contributed by atoms with Gasteiger partial charge in [0, 0.05) is 35.4 Å². The Labute approximate surface area is 199 Å². The van der Waals surface area contributed by atoms with Crippen LogP contribution in [0.25, 0.3) is 0 Å². The molecule has 0 amide bonds. The minimum Gasteiger partial charge on any atom is -0.465 e. The molecule has 0 aromatic heterocycles. The van der Waals surface area contributed by atoms with Gasteiger partial charge in [-0.2, -0.15) is 0 Å². The van der Waals surface area contributed by atoms with Crippen LogP contribution in [0.15, 0.2) is 48.5 Å². The molecule has 2 aromatic carbocycles. The molecule has 2 rings (SSSR count). The van der Waals surface area contributed by atoms with Crippen molar-refractivity contribution in [1.29, 1.82) is 0 Å². The molecular weight excluding hydrogens is 464 g/mol. The normalized spacial score (nSPS) is 12.2. The lowest BCUT2D eigenvalue weighted by atomic mass is 9.84. The van der Waals surface area contributed by atoms with Crippen molar-refractivity contribution in [3.63, 3.8) is 0 Å². The number of carbonyl (C=O) groups excluding carboxylic acids is 4. The maximum atomic E-state index is 13.1. The number of Topliss-reactive ketones (excluding diaryl/α,β-unsaturated/α-hetero) is 2. The van der Waals surface area contributed by atoms with Crippen LogP contribution in [0.1, 0.15) is 41.0 Å². The number of ketones is 2. The SMILES string of the molecule is CCOC(=O)C(CC(C(=O)OCC)C(=O)c1ccc([N+](=O)[O-])cc1)C(=O)c1ccc([N+](=O)[O-])cc1. The van der Waals surface area contributed by atoms with Crippen molar-refractivity contribution in [2.24, 2.45) is 11.8 Å². The first-order chi connectivity index (χ1) is 16.6. The lowest BCUT2D eigenvalue weighted by Crippen LogP contribution is -2.35. The Morgan fingerprint density at radius 2 is 1.00 bits per heavy atom. The van der Waals surface area contributed by atoms with Crippen LogP contribution in [-0.2, 0) is 19.1 Å². The van der Waals surface area contributed by atoms with Crippen LogP contribution in [-0.4, -0.2) is 46.6 Å². The molecule has 0 heterocycles. The van der Waals surface area contributed by atoms with Crippen LogP contribution in [0.3, 0.4) is 0 Å². The van der Waals surface area contributed by atoms with Crippen molar-refractivity contribution < 1.29 is 38.5 Å². The second-order valence-corrected chi connectivity index (χ2v) is 7.18. The highest BCUT2D eigenvalue weighted by atomic mass is 16.6. The molecule has 12 nitrogen and oxygen atoms in total. The topological polar surface area (TPSA) is 173 Å². The summed E-state index contributed by atoms with van der Waals surface area (Å²) < 4.78 is 9.94. The lowest BCUT2D eigenvalue weighted by molar-refractivity contribution is -0.385. The van der Waals surface area contributed by atoms with E-state index in [0.29, 0.717) is 0 Å². The van der Waals surface area contributed by atoms with E-state index in [1.54, 1.807) is 0 Å². The van der Waals surface area contributed by atoms with Crippen molar-refractivity contribution >= 4 is 34.9 Å². The molecule has 0 fully saturated rings. The first-order valence-corrected chi connectivity index (χ1v) is 10.5. The van der Waals surface area contributed by atoms with Crippen LogP contribution in [0.5, 0.6) is 0 Å². The third-order valence-corrected chi connectivity index (χ3v) is 4.97. The fourth-order valence-corrected chi connectivity index (χ4v) is 3.24. The van der Waals surface area contributed by atoms with E-state index in [0.717, 1.165) is 48.5 Å². The second-order valence-electron chi connectivity index (χ2n) is 7.18. The van der Waals surface area contributed by atoms with Crippen molar-refractivity contribution in [3.05, 3.63) is 79.9 Å². The zero-order valence-electron chi connectivity index (χ0n) is 18.9. The predicted octanol–water partition coefficient (Wildman–Crippen LogP) is 3.32. The average molecular weight is 486 g/mol. The number of hydrogen-bond donors (Lipinski definition) is 0. The van der Waals surface area contributed by atoms with Gasteiger partial charge in [0.15, 0.2) is 11.6 Å². The molecule has 35 heavy (non-hydrogen) atoms. The summed E-state index contributed by atoms with van der Waals surface area (Å²) in [4.78, 5) is 72.0. The Balaban J connectivity index is 2.43. The van der Waals surface area contributed by atoms with Gasteiger partial charge in [0.05, 0.1) is 23.1 Å². The van der Waals surface area contributed by atoms with Gasteiger partial charge in [-0.25, -0.2) is 0 Å². The van der Waals surface area contributed by atoms with Crippen molar-refractivity contribution in [3.8, 4) is 0 Å². The quantitative estimate of drug-likeness (QED) is 0.142. The third kappa shape index (κ3) is 6.76. The lowest BCUT2D eigenvalue weighted by Gasteiger charge is -2.20. The van der Waals surface area contributed by atoms with E-state index < -0.39 is 51.6 Å². The average Bonchev–Trinajstić information content (AvgIpc) is 2.84. The Morgan fingerprint density at radius 1 is 0.686 bits per heavy atom. The fraction of sp³-hybridized carbons (Fsp3) is 0.304. The molecule has 0 aliphatic carbocycles. The number of esters is 2. The fourth-order valence-electron chi connectivity index (χ4n) is 3.24. The Bertz CT molecular complexity index is 1040. The van der Waals surface area contributed by atoms with Gasteiger partial charge in [0.1, 0.15) is 11.8 Å². The van der Waals surface area contributed by atoms with E-state index in [4.69, 9.17) is 9.47 Å². The molecular formula is C23H22N2O10. The minimum absolute atomic E-state index is 0.0564. The first-order valence-electron chi connectivity index (χ1n) is 10.5. The van der Waals surface area contributed by atoms with Gasteiger partial charge >= 0.3 is 11.9 Å². The van der Waals surface area contributed by atoms with Crippen molar-refractivity contribution in [2.75, 3.05) is 13.2 Å². The van der Waals surface area contributed by atoms with E-state index in [9.17, 15) is 39.4 Å². The van der Waals surface area contributed by atoms with E-state index in [2.05, 4.69) is 0 Å². The predicted molar refractivity (Wildman–Crippen MR) is 120 cm³/mol. The van der Waals surface area contributed by atoms with Crippen molar-refractivity contribution in [1.82, 2.24) is 0 Å². The summed E-state index contributed by atoms with van der Waals surface area (Å²) >= 11 is 0. The number of rotatable bonds is 12. The highest BCUT2D eigenvalue weighted by Gasteiger charge is 2.38. The van der Waals surface area contributed by atoms with E-state index in [1.165, 1.54) is 13.8 Å². The number of nitro benzene ring substituents is 2. The molecule has 0 aliphatic rings.